The van der Waals surface area contributed by atoms with Crippen molar-refractivity contribution in [2.45, 2.75) is 11.4 Å². The Balaban J connectivity index is 1.85. The maximum Gasteiger partial charge on any atom is 0.339 e. The van der Waals surface area contributed by atoms with Gasteiger partial charge in [0.25, 0.3) is 5.91 Å². The van der Waals surface area contributed by atoms with E-state index in [0.717, 1.165) is 5.56 Å². The van der Waals surface area contributed by atoms with Crippen molar-refractivity contribution in [3.05, 3.63) is 65.2 Å². The predicted molar refractivity (Wildman–Crippen MR) is 98.7 cm³/mol. The van der Waals surface area contributed by atoms with Gasteiger partial charge in [-0.1, -0.05) is 24.3 Å². The second-order valence-corrected chi connectivity index (χ2v) is 6.84. The molecular weight excluding hydrogens is 370 g/mol. The van der Waals surface area contributed by atoms with Gasteiger partial charge in [-0.2, -0.15) is 0 Å². The molecule has 0 spiro atoms. The van der Waals surface area contributed by atoms with Gasteiger partial charge < -0.3 is 14.8 Å². The van der Waals surface area contributed by atoms with Gasteiger partial charge in [0.05, 0.1) is 33.9 Å². The Kier molecular flexibility index (Phi) is 7.25. The van der Waals surface area contributed by atoms with Crippen molar-refractivity contribution in [2.24, 2.45) is 0 Å². The monoisotopic (exact) mass is 389 g/mol. The highest BCUT2D eigenvalue weighted by Crippen LogP contribution is 2.13. The lowest BCUT2D eigenvalue weighted by Crippen LogP contribution is -2.28. The zero-order valence-corrected chi connectivity index (χ0v) is 15.7. The molecule has 27 heavy (non-hydrogen) atoms. The third-order valence-corrected chi connectivity index (χ3v) is 4.59. The summed E-state index contributed by atoms with van der Waals surface area (Å²) >= 11 is 0. The lowest BCUT2D eigenvalue weighted by molar-refractivity contribution is -0.124. The molecule has 7 nitrogen and oxygen atoms in total. The quantitative estimate of drug-likeness (QED) is 0.724. The summed E-state index contributed by atoms with van der Waals surface area (Å²) < 4.78 is 21.2. The van der Waals surface area contributed by atoms with Gasteiger partial charge in [0.2, 0.25) is 0 Å². The van der Waals surface area contributed by atoms with Crippen LogP contribution < -0.4 is 5.32 Å². The number of carbonyl (C=O) groups is 3. The summed E-state index contributed by atoms with van der Waals surface area (Å²) in [5.74, 6) is -1.63. The largest absolute Gasteiger partial charge is 0.465 e. The molecule has 2 rings (SSSR count). The molecule has 1 atom stereocenters. The zero-order valence-electron chi connectivity index (χ0n) is 14.9. The van der Waals surface area contributed by atoms with Crippen molar-refractivity contribution in [2.75, 3.05) is 20.0 Å². The minimum atomic E-state index is -1.34. The van der Waals surface area contributed by atoms with Gasteiger partial charge in [-0.25, -0.2) is 9.59 Å². The van der Waals surface area contributed by atoms with E-state index in [9.17, 15) is 18.6 Å². The van der Waals surface area contributed by atoms with E-state index >= 15 is 0 Å². The summed E-state index contributed by atoms with van der Waals surface area (Å²) in [7, 11) is -0.0443. The zero-order chi connectivity index (χ0) is 19.8. The first kappa shape index (κ1) is 20.3. The van der Waals surface area contributed by atoms with Crippen LogP contribution in [0.4, 0.5) is 0 Å². The number of methoxy groups -OCH3 is 1. The second kappa shape index (κ2) is 9.63. The first-order valence-electron chi connectivity index (χ1n) is 7.96. The van der Waals surface area contributed by atoms with Gasteiger partial charge in [0, 0.05) is 12.8 Å². The molecule has 2 aromatic carbocycles. The first-order valence-corrected chi connectivity index (χ1v) is 9.51. The van der Waals surface area contributed by atoms with Crippen molar-refractivity contribution in [1.29, 1.82) is 0 Å². The fraction of sp³-hybridized carbons (Fsp3) is 0.211. The van der Waals surface area contributed by atoms with Gasteiger partial charge in [-0.3, -0.25) is 9.00 Å². The Labute approximate surface area is 159 Å². The highest BCUT2D eigenvalue weighted by atomic mass is 32.2. The van der Waals surface area contributed by atoms with Gasteiger partial charge in [0.1, 0.15) is 0 Å². The smallest absolute Gasteiger partial charge is 0.339 e. The van der Waals surface area contributed by atoms with Crippen LogP contribution >= 0.6 is 0 Å². The number of benzene rings is 2. The molecule has 0 aliphatic rings. The van der Waals surface area contributed by atoms with Crippen molar-refractivity contribution in [3.63, 3.8) is 0 Å². The Hall–Kier alpha value is -3.00. The molecule has 0 fully saturated rings. The summed E-state index contributed by atoms with van der Waals surface area (Å²) in [5.41, 5.74) is 1.35. The van der Waals surface area contributed by atoms with E-state index in [1.807, 2.05) is 0 Å². The average molecular weight is 389 g/mol. The summed E-state index contributed by atoms with van der Waals surface area (Å²) in [4.78, 5) is 35.7. The van der Waals surface area contributed by atoms with E-state index in [4.69, 9.17) is 4.74 Å². The molecule has 0 aromatic heterocycles. The summed E-state index contributed by atoms with van der Waals surface area (Å²) in [6, 6.07) is 12.9. The SMILES string of the molecule is COC(=O)c1ccc(CNC(=O)COC(=O)c2ccccc2[S@@](C)=O)cc1. The summed E-state index contributed by atoms with van der Waals surface area (Å²) in [5, 5.41) is 2.61. The molecule has 0 unspecified atom stereocenters. The van der Waals surface area contributed by atoms with E-state index in [0.29, 0.717) is 10.5 Å². The molecule has 2 aromatic rings. The van der Waals surface area contributed by atoms with Gasteiger partial charge in [-0.05, 0) is 29.8 Å². The van der Waals surface area contributed by atoms with Crippen LogP contribution in [0.25, 0.3) is 0 Å². The standard InChI is InChI=1S/C19H19NO6S/c1-25-18(22)14-9-7-13(8-10-14)11-20-17(21)12-26-19(23)15-5-3-4-6-16(15)27(2)24/h3-10H,11-12H2,1-2H3,(H,20,21)/t27-/m1/s1. The number of amides is 1. The lowest BCUT2D eigenvalue weighted by Gasteiger charge is -2.09. The number of ether oxygens (including phenoxy) is 2. The van der Waals surface area contributed by atoms with Crippen LogP contribution in [0, 0.1) is 0 Å². The van der Waals surface area contributed by atoms with E-state index < -0.39 is 35.3 Å². The molecule has 0 aliphatic carbocycles. The number of nitrogens with one attached hydrogen (secondary N) is 1. The molecule has 0 aliphatic heterocycles. The van der Waals surface area contributed by atoms with Crippen molar-refractivity contribution in [3.8, 4) is 0 Å². The molecule has 1 N–H and O–H groups in total. The van der Waals surface area contributed by atoms with Crippen LogP contribution in [-0.2, 0) is 31.6 Å². The van der Waals surface area contributed by atoms with Crippen LogP contribution in [0.5, 0.6) is 0 Å². The first-order chi connectivity index (χ1) is 12.9. The normalized spacial score (nSPS) is 11.3. The van der Waals surface area contributed by atoms with Crippen molar-refractivity contribution >= 4 is 28.6 Å². The van der Waals surface area contributed by atoms with Crippen LogP contribution in [0.15, 0.2) is 53.4 Å². The number of carbonyl (C=O) groups excluding carboxylic acids is 3. The average Bonchev–Trinajstić information content (AvgIpc) is 2.70. The van der Waals surface area contributed by atoms with Gasteiger partial charge in [-0.15, -0.1) is 0 Å². The molecular formula is C19H19NO6S. The predicted octanol–water partition coefficient (Wildman–Crippen LogP) is 1.68. The summed E-state index contributed by atoms with van der Waals surface area (Å²) in [6.45, 7) is -0.239. The van der Waals surface area contributed by atoms with E-state index in [1.165, 1.54) is 19.4 Å². The molecule has 0 bridgehead atoms. The van der Waals surface area contributed by atoms with Crippen molar-refractivity contribution in [1.82, 2.24) is 5.32 Å². The minimum Gasteiger partial charge on any atom is -0.465 e. The third-order valence-electron chi connectivity index (χ3n) is 3.62. The topological polar surface area (TPSA) is 98.8 Å². The fourth-order valence-electron chi connectivity index (χ4n) is 2.22. The lowest BCUT2D eigenvalue weighted by atomic mass is 10.1. The molecule has 8 heteroatoms. The van der Waals surface area contributed by atoms with Crippen molar-refractivity contribution < 1.29 is 28.1 Å². The maximum absolute atomic E-state index is 12.1. The van der Waals surface area contributed by atoms with Crippen LogP contribution in [0.1, 0.15) is 26.3 Å². The molecule has 0 saturated heterocycles. The van der Waals surface area contributed by atoms with E-state index in [1.54, 1.807) is 42.5 Å². The fourth-order valence-corrected chi connectivity index (χ4v) is 2.95. The minimum absolute atomic E-state index is 0.171. The third kappa shape index (κ3) is 5.75. The Morgan fingerprint density at radius 2 is 1.67 bits per heavy atom. The molecule has 0 saturated carbocycles. The van der Waals surface area contributed by atoms with Gasteiger partial charge in [0.15, 0.2) is 6.61 Å². The van der Waals surface area contributed by atoms with Crippen LogP contribution in [0.3, 0.4) is 0 Å². The second-order valence-electron chi connectivity index (χ2n) is 5.49. The van der Waals surface area contributed by atoms with Gasteiger partial charge >= 0.3 is 11.9 Å². The number of esters is 2. The van der Waals surface area contributed by atoms with E-state index in [-0.39, 0.29) is 12.1 Å². The van der Waals surface area contributed by atoms with E-state index in [2.05, 4.69) is 10.1 Å². The molecule has 1 amide bonds. The Morgan fingerprint density at radius 1 is 1.00 bits per heavy atom. The number of hydrogen-bond acceptors (Lipinski definition) is 6. The molecule has 0 radical (unpaired) electrons. The summed E-state index contributed by atoms with van der Waals surface area (Å²) in [6.07, 6.45) is 1.46. The highest BCUT2D eigenvalue weighted by molar-refractivity contribution is 7.84. The van der Waals surface area contributed by atoms with Crippen LogP contribution in [-0.4, -0.2) is 42.0 Å². The molecule has 0 heterocycles. The van der Waals surface area contributed by atoms with Crippen LogP contribution in [0.2, 0.25) is 0 Å². The highest BCUT2D eigenvalue weighted by Gasteiger charge is 2.16. The number of hydrogen-bond donors (Lipinski definition) is 1. The Morgan fingerprint density at radius 3 is 2.30 bits per heavy atom. The molecule has 142 valence electrons. The number of rotatable bonds is 7. The Bertz CT molecular complexity index is 863. The maximum atomic E-state index is 12.1.